The Kier molecular flexibility index (Phi) is 5.25. The van der Waals surface area contributed by atoms with Gasteiger partial charge in [-0.1, -0.05) is 36.4 Å². The number of hydrogen-bond acceptors (Lipinski definition) is 5. The second kappa shape index (κ2) is 7.85. The van der Waals surface area contributed by atoms with Gasteiger partial charge in [-0.2, -0.15) is 5.10 Å². The van der Waals surface area contributed by atoms with E-state index in [2.05, 4.69) is 24.3 Å². The SMILES string of the molecule is COC1=CCC(C2CC(c3ccccc3)=NN2c2ccc(S(N)(=O)=O)cc2)C=C1. The van der Waals surface area contributed by atoms with Crippen LogP contribution in [0.3, 0.4) is 0 Å². The molecule has 2 aromatic carbocycles. The number of nitrogens with two attached hydrogens (primary N) is 1. The third kappa shape index (κ3) is 4.11. The topological polar surface area (TPSA) is 85.0 Å². The lowest BCUT2D eigenvalue weighted by molar-refractivity contribution is 0.300. The van der Waals surface area contributed by atoms with Crippen molar-refractivity contribution in [1.29, 1.82) is 0 Å². The van der Waals surface area contributed by atoms with E-state index < -0.39 is 10.0 Å². The first kappa shape index (κ1) is 19.4. The number of hydrazone groups is 1. The number of rotatable bonds is 5. The molecule has 0 amide bonds. The van der Waals surface area contributed by atoms with Crippen LogP contribution in [0.25, 0.3) is 0 Å². The van der Waals surface area contributed by atoms with E-state index in [-0.39, 0.29) is 16.9 Å². The molecule has 0 radical (unpaired) electrons. The Labute approximate surface area is 171 Å². The van der Waals surface area contributed by atoms with Gasteiger partial charge in [0.2, 0.25) is 10.0 Å². The molecule has 1 aliphatic heterocycles. The summed E-state index contributed by atoms with van der Waals surface area (Å²) in [4.78, 5) is 0.0921. The van der Waals surface area contributed by atoms with E-state index in [1.807, 2.05) is 29.3 Å². The average Bonchev–Trinajstić information content (AvgIpc) is 3.19. The van der Waals surface area contributed by atoms with E-state index >= 15 is 0 Å². The van der Waals surface area contributed by atoms with Gasteiger partial charge in [0, 0.05) is 12.3 Å². The summed E-state index contributed by atoms with van der Waals surface area (Å²) in [6, 6.07) is 16.8. The van der Waals surface area contributed by atoms with Crippen LogP contribution in [0.4, 0.5) is 5.69 Å². The average molecular weight is 410 g/mol. The van der Waals surface area contributed by atoms with Gasteiger partial charge in [-0.25, -0.2) is 13.6 Å². The zero-order valence-corrected chi connectivity index (χ0v) is 16.9. The molecule has 2 aromatic rings. The molecule has 4 rings (SSSR count). The number of ether oxygens (including phenoxy) is 1. The lowest BCUT2D eigenvalue weighted by atomic mass is 9.88. The highest BCUT2D eigenvalue weighted by Gasteiger charge is 2.34. The lowest BCUT2D eigenvalue weighted by Gasteiger charge is -2.30. The number of primary sulfonamides is 1. The molecule has 0 aromatic heterocycles. The number of sulfonamides is 1. The number of hydrogen-bond donors (Lipinski definition) is 1. The first-order valence-electron chi connectivity index (χ1n) is 9.43. The zero-order valence-electron chi connectivity index (χ0n) is 16.1. The Morgan fingerprint density at radius 2 is 1.83 bits per heavy atom. The molecule has 1 aliphatic carbocycles. The lowest BCUT2D eigenvalue weighted by Crippen LogP contribution is -2.33. The Morgan fingerprint density at radius 3 is 2.41 bits per heavy atom. The molecule has 0 spiro atoms. The molecule has 6 nitrogen and oxygen atoms in total. The summed E-state index contributed by atoms with van der Waals surface area (Å²) in [7, 11) is -2.06. The van der Waals surface area contributed by atoms with Crippen molar-refractivity contribution < 1.29 is 13.2 Å². The monoisotopic (exact) mass is 409 g/mol. The van der Waals surface area contributed by atoms with Gasteiger partial charge in [-0.05, 0) is 48.4 Å². The van der Waals surface area contributed by atoms with Crippen molar-refractivity contribution in [2.24, 2.45) is 16.2 Å². The molecule has 2 atom stereocenters. The highest BCUT2D eigenvalue weighted by atomic mass is 32.2. The van der Waals surface area contributed by atoms with E-state index in [9.17, 15) is 8.42 Å². The van der Waals surface area contributed by atoms with Crippen molar-refractivity contribution in [3.63, 3.8) is 0 Å². The van der Waals surface area contributed by atoms with Crippen LogP contribution < -0.4 is 10.1 Å². The van der Waals surface area contributed by atoms with Crippen LogP contribution in [0.15, 0.2) is 88.6 Å². The zero-order chi connectivity index (χ0) is 20.4. The first-order valence-corrected chi connectivity index (χ1v) is 11.0. The third-order valence-electron chi connectivity index (χ3n) is 5.31. The van der Waals surface area contributed by atoms with Gasteiger partial charge in [-0.15, -0.1) is 0 Å². The molecule has 1 heterocycles. The fourth-order valence-electron chi connectivity index (χ4n) is 3.76. The standard InChI is InChI=1S/C22H23N3O3S/c1-28-19-11-7-17(8-12-19)22-15-21(16-5-3-2-4-6-16)24-25(22)18-9-13-20(14-10-18)29(23,26)27/h2-7,9-14,17,22H,8,15H2,1H3,(H2,23,26,27). The summed E-state index contributed by atoms with van der Waals surface area (Å²) in [6.45, 7) is 0. The first-order chi connectivity index (χ1) is 14.0. The number of benzene rings is 2. The highest BCUT2D eigenvalue weighted by Crippen LogP contribution is 2.34. The quantitative estimate of drug-likeness (QED) is 0.820. The van der Waals surface area contributed by atoms with Crippen LogP contribution in [0.5, 0.6) is 0 Å². The summed E-state index contributed by atoms with van der Waals surface area (Å²) < 4.78 is 28.5. The molecule has 7 heteroatoms. The Hall–Kier alpha value is -2.90. The van der Waals surface area contributed by atoms with E-state index in [0.717, 1.165) is 35.6 Å². The maximum atomic E-state index is 11.6. The molecule has 0 saturated heterocycles. The molecule has 150 valence electrons. The maximum absolute atomic E-state index is 11.6. The molecule has 0 bridgehead atoms. The van der Waals surface area contributed by atoms with E-state index in [1.54, 1.807) is 19.2 Å². The third-order valence-corrected chi connectivity index (χ3v) is 6.24. The minimum Gasteiger partial charge on any atom is -0.497 e. The Bertz CT molecular complexity index is 1070. The van der Waals surface area contributed by atoms with Crippen LogP contribution in [0.1, 0.15) is 18.4 Å². The van der Waals surface area contributed by atoms with Crippen LogP contribution in [0.2, 0.25) is 0 Å². The normalized spacial score (nSPS) is 21.7. The van der Waals surface area contributed by atoms with Crippen molar-refractivity contribution in [2.75, 3.05) is 12.1 Å². The second-order valence-corrected chi connectivity index (χ2v) is 8.70. The van der Waals surface area contributed by atoms with Gasteiger partial charge in [-0.3, -0.25) is 5.01 Å². The van der Waals surface area contributed by atoms with Crippen molar-refractivity contribution >= 4 is 21.4 Å². The van der Waals surface area contributed by atoms with E-state index in [4.69, 9.17) is 15.0 Å². The fraction of sp³-hybridized carbons (Fsp3) is 0.227. The van der Waals surface area contributed by atoms with Crippen molar-refractivity contribution in [3.05, 3.63) is 84.1 Å². The summed E-state index contributed by atoms with van der Waals surface area (Å²) in [5, 5.41) is 12.1. The van der Waals surface area contributed by atoms with Crippen LogP contribution in [-0.4, -0.2) is 27.3 Å². The van der Waals surface area contributed by atoms with Gasteiger partial charge in [0.25, 0.3) is 0 Å². The molecular weight excluding hydrogens is 386 g/mol. The predicted octanol–water partition coefficient (Wildman–Crippen LogP) is 3.42. The molecular formula is C22H23N3O3S. The largest absolute Gasteiger partial charge is 0.497 e. The number of nitrogens with zero attached hydrogens (tertiary/aromatic N) is 2. The van der Waals surface area contributed by atoms with Gasteiger partial charge >= 0.3 is 0 Å². The van der Waals surface area contributed by atoms with Crippen LogP contribution in [-0.2, 0) is 14.8 Å². The highest BCUT2D eigenvalue weighted by molar-refractivity contribution is 7.89. The van der Waals surface area contributed by atoms with Crippen molar-refractivity contribution in [2.45, 2.75) is 23.8 Å². The fourth-order valence-corrected chi connectivity index (χ4v) is 4.28. The number of methoxy groups -OCH3 is 1. The molecule has 0 saturated carbocycles. The van der Waals surface area contributed by atoms with Gasteiger partial charge < -0.3 is 4.74 Å². The number of allylic oxidation sites excluding steroid dienone is 2. The van der Waals surface area contributed by atoms with Crippen molar-refractivity contribution in [3.8, 4) is 0 Å². The van der Waals surface area contributed by atoms with Gasteiger partial charge in [0.1, 0.15) is 5.76 Å². The van der Waals surface area contributed by atoms with Gasteiger partial charge in [0.15, 0.2) is 0 Å². The smallest absolute Gasteiger partial charge is 0.238 e. The van der Waals surface area contributed by atoms with Crippen molar-refractivity contribution in [1.82, 2.24) is 0 Å². The van der Waals surface area contributed by atoms with E-state index in [0.29, 0.717) is 0 Å². The van der Waals surface area contributed by atoms with Crippen LogP contribution >= 0.6 is 0 Å². The minimum atomic E-state index is -3.73. The molecule has 29 heavy (non-hydrogen) atoms. The summed E-state index contributed by atoms with van der Waals surface area (Å²) >= 11 is 0. The predicted molar refractivity (Wildman–Crippen MR) is 114 cm³/mol. The van der Waals surface area contributed by atoms with E-state index in [1.165, 1.54) is 12.1 Å². The summed E-state index contributed by atoms with van der Waals surface area (Å²) in [5.74, 6) is 1.13. The summed E-state index contributed by atoms with van der Waals surface area (Å²) in [6.07, 6.45) is 7.91. The van der Waals surface area contributed by atoms with Crippen LogP contribution in [0, 0.1) is 5.92 Å². The number of anilines is 1. The maximum Gasteiger partial charge on any atom is 0.238 e. The molecule has 0 fully saturated rings. The molecule has 2 aliphatic rings. The summed E-state index contributed by atoms with van der Waals surface area (Å²) in [5.41, 5.74) is 2.94. The van der Waals surface area contributed by atoms with Gasteiger partial charge in [0.05, 0.1) is 29.4 Å². The Morgan fingerprint density at radius 1 is 1.10 bits per heavy atom. The Balaban J connectivity index is 1.67. The molecule has 2 unspecified atom stereocenters. The second-order valence-electron chi connectivity index (χ2n) is 7.14. The minimum absolute atomic E-state index is 0.0921. The molecule has 2 N–H and O–H groups in total.